The van der Waals surface area contributed by atoms with Crippen molar-refractivity contribution in [2.24, 2.45) is 0 Å². The van der Waals surface area contributed by atoms with Crippen molar-refractivity contribution < 1.29 is 9.72 Å². The van der Waals surface area contributed by atoms with E-state index in [0.29, 0.717) is 28.4 Å². The third kappa shape index (κ3) is 3.73. The summed E-state index contributed by atoms with van der Waals surface area (Å²) in [7, 11) is 0. The molecular formula is C18H15ClN4O3. The zero-order valence-electron chi connectivity index (χ0n) is 13.8. The summed E-state index contributed by atoms with van der Waals surface area (Å²) in [5, 5.41) is 18.5. The predicted octanol–water partition coefficient (Wildman–Crippen LogP) is 4.05. The molecule has 1 amide bonds. The Kier molecular flexibility index (Phi) is 4.99. The van der Waals surface area contributed by atoms with Crippen LogP contribution in [0.1, 0.15) is 21.5 Å². The molecule has 0 bridgehead atoms. The Labute approximate surface area is 154 Å². The van der Waals surface area contributed by atoms with Gasteiger partial charge < -0.3 is 5.32 Å². The molecule has 1 N–H and O–H groups in total. The van der Waals surface area contributed by atoms with E-state index in [2.05, 4.69) is 10.4 Å². The first-order valence-electron chi connectivity index (χ1n) is 7.77. The largest absolute Gasteiger partial charge is 0.321 e. The summed E-state index contributed by atoms with van der Waals surface area (Å²) in [6, 6.07) is 11.9. The average molecular weight is 371 g/mol. The second-order valence-corrected chi connectivity index (χ2v) is 6.09. The first-order chi connectivity index (χ1) is 12.5. The Bertz CT molecular complexity index is 984. The van der Waals surface area contributed by atoms with Crippen molar-refractivity contribution >= 4 is 28.9 Å². The molecule has 1 heterocycles. The molecule has 132 valence electrons. The van der Waals surface area contributed by atoms with Gasteiger partial charge in [-0.3, -0.25) is 19.6 Å². The Morgan fingerprint density at radius 2 is 2.04 bits per heavy atom. The minimum Gasteiger partial charge on any atom is -0.321 e. The van der Waals surface area contributed by atoms with Crippen LogP contribution >= 0.6 is 11.6 Å². The maximum atomic E-state index is 12.4. The van der Waals surface area contributed by atoms with Crippen LogP contribution in [0.4, 0.5) is 11.4 Å². The second-order valence-electron chi connectivity index (χ2n) is 5.68. The number of nitrogens with zero attached hydrogens (tertiary/aromatic N) is 3. The third-order valence-electron chi connectivity index (χ3n) is 3.94. The first-order valence-corrected chi connectivity index (χ1v) is 8.14. The number of nitro groups is 1. The Balaban J connectivity index is 1.76. The van der Waals surface area contributed by atoms with Gasteiger partial charge in [0.05, 0.1) is 34.5 Å². The summed E-state index contributed by atoms with van der Waals surface area (Å²) in [6.07, 6.45) is 3.05. The van der Waals surface area contributed by atoms with E-state index in [9.17, 15) is 14.9 Å². The lowest BCUT2D eigenvalue weighted by Crippen LogP contribution is -2.12. The standard InChI is InChI=1S/C18H15ClN4O3/c1-12-16(7-4-8-17(12)23(25)26)21-18(24)14-9-20-22(11-14)10-13-5-2-3-6-15(13)19/h2-9,11H,10H2,1H3,(H,21,24). The van der Waals surface area contributed by atoms with E-state index >= 15 is 0 Å². The van der Waals surface area contributed by atoms with E-state index in [-0.39, 0.29) is 11.6 Å². The maximum Gasteiger partial charge on any atom is 0.274 e. The summed E-state index contributed by atoms with van der Waals surface area (Å²) in [6.45, 7) is 2.03. The second kappa shape index (κ2) is 7.37. The van der Waals surface area contributed by atoms with Crippen molar-refractivity contribution in [2.45, 2.75) is 13.5 Å². The van der Waals surface area contributed by atoms with Crippen LogP contribution < -0.4 is 5.32 Å². The molecule has 0 saturated heterocycles. The average Bonchev–Trinajstić information content (AvgIpc) is 3.07. The van der Waals surface area contributed by atoms with Crippen molar-refractivity contribution in [3.63, 3.8) is 0 Å². The SMILES string of the molecule is Cc1c(NC(=O)c2cnn(Cc3ccccc3Cl)c2)cccc1[N+](=O)[O-]. The Morgan fingerprint density at radius 3 is 2.77 bits per heavy atom. The number of anilines is 1. The number of halogens is 1. The molecule has 0 radical (unpaired) electrons. The molecule has 2 aromatic carbocycles. The highest BCUT2D eigenvalue weighted by Gasteiger charge is 2.16. The normalized spacial score (nSPS) is 10.5. The number of hydrogen-bond donors (Lipinski definition) is 1. The molecule has 0 aliphatic heterocycles. The minimum atomic E-state index is -0.480. The molecule has 0 saturated carbocycles. The van der Waals surface area contributed by atoms with Crippen molar-refractivity contribution in [3.05, 3.63) is 86.7 Å². The fourth-order valence-electron chi connectivity index (χ4n) is 2.52. The minimum absolute atomic E-state index is 0.0442. The summed E-state index contributed by atoms with van der Waals surface area (Å²) < 4.78 is 1.61. The lowest BCUT2D eigenvalue weighted by Gasteiger charge is -2.07. The number of nitrogens with one attached hydrogen (secondary N) is 1. The van der Waals surface area contributed by atoms with Gasteiger partial charge in [-0.15, -0.1) is 0 Å². The highest BCUT2D eigenvalue weighted by molar-refractivity contribution is 6.31. The van der Waals surface area contributed by atoms with Crippen LogP contribution in [0.15, 0.2) is 54.9 Å². The van der Waals surface area contributed by atoms with Crippen LogP contribution in [-0.2, 0) is 6.54 Å². The lowest BCUT2D eigenvalue weighted by molar-refractivity contribution is -0.385. The Morgan fingerprint density at radius 1 is 1.27 bits per heavy atom. The zero-order valence-corrected chi connectivity index (χ0v) is 14.6. The van der Waals surface area contributed by atoms with Crippen molar-refractivity contribution in [2.75, 3.05) is 5.32 Å². The summed E-state index contributed by atoms with van der Waals surface area (Å²) in [4.78, 5) is 22.9. The number of amides is 1. The van der Waals surface area contributed by atoms with Crippen LogP contribution in [-0.4, -0.2) is 20.6 Å². The van der Waals surface area contributed by atoms with Crippen LogP contribution in [0.5, 0.6) is 0 Å². The number of aromatic nitrogens is 2. The molecule has 26 heavy (non-hydrogen) atoms. The predicted molar refractivity (Wildman–Crippen MR) is 98.6 cm³/mol. The number of hydrogen-bond acceptors (Lipinski definition) is 4. The zero-order chi connectivity index (χ0) is 18.7. The summed E-state index contributed by atoms with van der Waals surface area (Å²) in [5.74, 6) is -0.390. The molecule has 3 aromatic rings. The monoisotopic (exact) mass is 370 g/mol. The smallest absolute Gasteiger partial charge is 0.274 e. The van der Waals surface area contributed by atoms with Gasteiger partial charge in [0, 0.05) is 17.3 Å². The van der Waals surface area contributed by atoms with Gasteiger partial charge >= 0.3 is 0 Å². The van der Waals surface area contributed by atoms with Crippen molar-refractivity contribution in [1.82, 2.24) is 9.78 Å². The molecular weight excluding hydrogens is 356 g/mol. The summed E-state index contributed by atoms with van der Waals surface area (Å²) in [5.41, 5.74) is 1.98. The Hall–Kier alpha value is -3.19. The fraction of sp³-hybridized carbons (Fsp3) is 0.111. The van der Waals surface area contributed by atoms with E-state index in [1.54, 1.807) is 29.9 Å². The third-order valence-corrected chi connectivity index (χ3v) is 4.30. The van der Waals surface area contributed by atoms with Gasteiger partial charge in [0.2, 0.25) is 0 Å². The van der Waals surface area contributed by atoms with E-state index < -0.39 is 4.92 Å². The highest BCUT2D eigenvalue weighted by atomic mass is 35.5. The molecule has 0 atom stereocenters. The molecule has 0 aliphatic carbocycles. The van der Waals surface area contributed by atoms with E-state index in [4.69, 9.17) is 11.6 Å². The topological polar surface area (TPSA) is 90.1 Å². The molecule has 1 aromatic heterocycles. The van der Waals surface area contributed by atoms with Gasteiger partial charge in [-0.1, -0.05) is 35.9 Å². The number of carbonyl (C=O) groups excluding carboxylic acids is 1. The molecule has 0 aliphatic rings. The maximum absolute atomic E-state index is 12.4. The van der Waals surface area contributed by atoms with Gasteiger partial charge in [0.15, 0.2) is 0 Å². The van der Waals surface area contributed by atoms with Crippen LogP contribution in [0, 0.1) is 17.0 Å². The fourth-order valence-corrected chi connectivity index (χ4v) is 2.72. The van der Waals surface area contributed by atoms with Crippen molar-refractivity contribution in [3.8, 4) is 0 Å². The highest BCUT2D eigenvalue weighted by Crippen LogP contribution is 2.25. The molecule has 7 nitrogen and oxygen atoms in total. The van der Waals surface area contributed by atoms with Crippen LogP contribution in [0.25, 0.3) is 0 Å². The molecule has 0 fully saturated rings. The van der Waals surface area contributed by atoms with Crippen molar-refractivity contribution in [1.29, 1.82) is 0 Å². The van der Waals surface area contributed by atoms with E-state index in [0.717, 1.165) is 5.56 Å². The summed E-state index contributed by atoms with van der Waals surface area (Å²) >= 11 is 6.13. The van der Waals surface area contributed by atoms with Gasteiger partial charge in [-0.2, -0.15) is 5.10 Å². The molecule has 8 heteroatoms. The molecule has 0 unspecified atom stereocenters. The van der Waals surface area contributed by atoms with E-state index in [1.807, 2.05) is 18.2 Å². The molecule has 3 rings (SSSR count). The van der Waals surface area contributed by atoms with Gasteiger partial charge in [0.1, 0.15) is 0 Å². The lowest BCUT2D eigenvalue weighted by atomic mass is 10.1. The van der Waals surface area contributed by atoms with Gasteiger partial charge in [-0.25, -0.2) is 0 Å². The number of benzene rings is 2. The molecule has 0 spiro atoms. The van der Waals surface area contributed by atoms with Gasteiger partial charge in [-0.05, 0) is 24.6 Å². The van der Waals surface area contributed by atoms with Crippen LogP contribution in [0.3, 0.4) is 0 Å². The number of carbonyl (C=O) groups is 1. The number of nitro benzene ring substituents is 1. The first kappa shape index (κ1) is 17.6. The van der Waals surface area contributed by atoms with Crippen LogP contribution in [0.2, 0.25) is 5.02 Å². The van der Waals surface area contributed by atoms with Gasteiger partial charge in [0.25, 0.3) is 11.6 Å². The number of rotatable bonds is 5. The van der Waals surface area contributed by atoms with E-state index in [1.165, 1.54) is 18.3 Å². The quantitative estimate of drug-likeness (QED) is 0.541.